The Morgan fingerprint density at radius 2 is 1.82 bits per heavy atom. The molecule has 0 amide bonds. The van der Waals surface area contributed by atoms with Crippen LogP contribution in [0.1, 0.15) is 23.7 Å². The van der Waals surface area contributed by atoms with E-state index in [1.165, 1.54) is 0 Å². The van der Waals surface area contributed by atoms with E-state index in [1.54, 1.807) is 0 Å². The summed E-state index contributed by atoms with van der Waals surface area (Å²) < 4.78 is 41.1. The van der Waals surface area contributed by atoms with Crippen molar-refractivity contribution in [2.24, 2.45) is 0 Å². The Kier molecular flexibility index (Phi) is 5.46. The van der Waals surface area contributed by atoms with Crippen LogP contribution in [0.5, 0.6) is 0 Å². The highest BCUT2D eigenvalue weighted by Gasteiger charge is 2.27. The van der Waals surface area contributed by atoms with Crippen molar-refractivity contribution in [1.82, 2.24) is 0 Å². The average molecular weight is 311 g/mol. The van der Waals surface area contributed by atoms with Gasteiger partial charge in [-0.1, -0.05) is 45.8 Å². The molecule has 1 aromatic rings. The lowest BCUT2D eigenvalue weighted by Gasteiger charge is -2.16. The number of halogens is 4. The molecule has 1 unspecified atom stereocenters. The minimum absolute atomic E-state index is 0.312. The molecule has 0 aliphatic carbocycles. The lowest BCUT2D eigenvalue weighted by molar-refractivity contribution is -0.148. The van der Waals surface area contributed by atoms with Crippen molar-refractivity contribution in [2.45, 2.75) is 25.6 Å². The quantitative estimate of drug-likeness (QED) is 0.732. The topological polar surface area (TPSA) is 9.23 Å². The van der Waals surface area contributed by atoms with E-state index in [0.29, 0.717) is 5.33 Å². The summed E-state index contributed by atoms with van der Waals surface area (Å²) in [5.41, 5.74) is 1.99. The van der Waals surface area contributed by atoms with Gasteiger partial charge >= 0.3 is 6.18 Å². The molecule has 0 spiro atoms. The highest BCUT2D eigenvalue weighted by molar-refractivity contribution is 9.09. The molecule has 0 saturated heterocycles. The molecule has 0 saturated carbocycles. The Balaban J connectivity index is 2.51. The lowest BCUT2D eigenvalue weighted by Crippen LogP contribution is -2.14. The molecule has 0 aliphatic rings. The molecule has 1 rings (SSSR count). The Morgan fingerprint density at radius 1 is 1.24 bits per heavy atom. The SMILES string of the molecule is Cc1ccc(C(CBr)OCCC(F)(F)F)cc1. The van der Waals surface area contributed by atoms with Crippen molar-refractivity contribution < 1.29 is 17.9 Å². The molecule has 5 heteroatoms. The fourth-order valence-corrected chi connectivity index (χ4v) is 1.89. The van der Waals surface area contributed by atoms with E-state index < -0.39 is 12.6 Å². The number of alkyl halides is 4. The van der Waals surface area contributed by atoms with Crippen LogP contribution in [0.2, 0.25) is 0 Å². The molecule has 1 nitrogen and oxygen atoms in total. The van der Waals surface area contributed by atoms with Gasteiger partial charge in [-0.05, 0) is 12.5 Å². The number of aryl methyl sites for hydroxylation is 1. The van der Waals surface area contributed by atoms with Crippen LogP contribution in [0.25, 0.3) is 0 Å². The molecule has 0 radical (unpaired) electrons. The molecule has 0 heterocycles. The molecule has 1 aromatic carbocycles. The maximum Gasteiger partial charge on any atom is 0.391 e. The van der Waals surface area contributed by atoms with Gasteiger partial charge in [0.1, 0.15) is 0 Å². The first-order chi connectivity index (χ1) is 7.92. The van der Waals surface area contributed by atoms with Gasteiger partial charge in [0.15, 0.2) is 0 Å². The number of hydrogen-bond acceptors (Lipinski definition) is 1. The third-order valence-electron chi connectivity index (χ3n) is 2.29. The van der Waals surface area contributed by atoms with Crippen LogP contribution in [-0.2, 0) is 4.74 Å². The minimum atomic E-state index is -4.16. The normalized spacial score (nSPS) is 13.7. The van der Waals surface area contributed by atoms with Gasteiger partial charge in [0.05, 0.1) is 19.1 Å². The molecule has 17 heavy (non-hydrogen) atoms. The van der Waals surface area contributed by atoms with Crippen LogP contribution in [0.3, 0.4) is 0 Å². The zero-order valence-corrected chi connectivity index (χ0v) is 11.0. The van der Waals surface area contributed by atoms with Gasteiger partial charge in [-0.15, -0.1) is 0 Å². The molecule has 0 N–H and O–H groups in total. The zero-order valence-electron chi connectivity index (χ0n) is 9.43. The summed E-state index contributed by atoms with van der Waals surface area (Å²) in [6.45, 7) is 1.64. The number of rotatable bonds is 5. The van der Waals surface area contributed by atoms with Gasteiger partial charge in [0.25, 0.3) is 0 Å². The maximum absolute atomic E-state index is 12.0. The molecule has 0 bridgehead atoms. The van der Waals surface area contributed by atoms with Crippen molar-refractivity contribution in [1.29, 1.82) is 0 Å². The summed E-state index contributed by atoms with van der Waals surface area (Å²) in [6, 6.07) is 7.57. The van der Waals surface area contributed by atoms with Crippen LogP contribution in [0.4, 0.5) is 13.2 Å². The van der Waals surface area contributed by atoms with Gasteiger partial charge in [-0.2, -0.15) is 13.2 Å². The van der Waals surface area contributed by atoms with E-state index in [4.69, 9.17) is 4.74 Å². The molecular formula is C12H14BrF3O. The first-order valence-corrected chi connectivity index (χ1v) is 6.35. The highest BCUT2D eigenvalue weighted by atomic mass is 79.9. The second-order valence-corrected chi connectivity index (χ2v) is 4.44. The first kappa shape index (κ1) is 14.5. The van der Waals surface area contributed by atoms with Gasteiger partial charge in [0.2, 0.25) is 0 Å². The van der Waals surface area contributed by atoms with Crippen molar-refractivity contribution in [3.05, 3.63) is 35.4 Å². The summed E-state index contributed by atoms with van der Waals surface area (Å²) in [5, 5.41) is 0.480. The highest BCUT2D eigenvalue weighted by Crippen LogP contribution is 2.24. The summed E-state index contributed by atoms with van der Waals surface area (Å²) in [7, 11) is 0. The summed E-state index contributed by atoms with van der Waals surface area (Å²) in [5.74, 6) is 0. The monoisotopic (exact) mass is 310 g/mol. The Labute approximate surface area is 107 Å². The van der Waals surface area contributed by atoms with Crippen LogP contribution in [0, 0.1) is 6.92 Å². The molecule has 1 atom stereocenters. The van der Waals surface area contributed by atoms with Crippen molar-refractivity contribution in [2.75, 3.05) is 11.9 Å². The Hall–Kier alpha value is -0.550. The summed E-state index contributed by atoms with van der Waals surface area (Å²) in [6.07, 6.45) is -5.41. The van der Waals surface area contributed by atoms with Crippen LogP contribution >= 0.6 is 15.9 Å². The second kappa shape index (κ2) is 6.40. The van der Waals surface area contributed by atoms with Crippen LogP contribution in [0.15, 0.2) is 24.3 Å². The Bertz CT molecular complexity index is 335. The average Bonchev–Trinajstić information content (AvgIpc) is 2.24. The van der Waals surface area contributed by atoms with E-state index in [2.05, 4.69) is 15.9 Å². The van der Waals surface area contributed by atoms with Gasteiger partial charge in [-0.25, -0.2) is 0 Å². The fourth-order valence-electron chi connectivity index (χ4n) is 1.33. The second-order valence-electron chi connectivity index (χ2n) is 3.79. The molecule has 0 aromatic heterocycles. The van der Waals surface area contributed by atoms with E-state index in [-0.39, 0.29) is 12.7 Å². The number of ether oxygens (including phenoxy) is 1. The molecule has 96 valence electrons. The fraction of sp³-hybridized carbons (Fsp3) is 0.500. The first-order valence-electron chi connectivity index (χ1n) is 5.23. The predicted molar refractivity (Wildman–Crippen MR) is 64.3 cm³/mol. The van der Waals surface area contributed by atoms with Crippen molar-refractivity contribution >= 4 is 15.9 Å². The van der Waals surface area contributed by atoms with Gasteiger partial charge < -0.3 is 4.74 Å². The summed E-state index contributed by atoms with van der Waals surface area (Å²) >= 11 is 3.25. The predicted octanol–water partition coefficient (Wildman–Crippen LogP) is 4.40. The number of benzene rings is 1. The summed E-state index contributed by atoms with van der Waals surface area (Å²) in [4.78, 5) is 0. The zero-order chi connectivity index (χ0) is 12.9. The van der Waals surface area contributed by atoms with E-state index in [0.717, 1.165) is 11.1 Å². The van der Waals surface area contributed by atoms with Crippen LogP contribution in [-0.4, -0.2) is 18.1 Å². The van der Waals surface area contributed by atoms with E-state index >= 15 is 0 Å². The van der Waals surface area contributed by atoms with Gasteiger partial charge in [0, 0.05) is 5.33 Å². The standard InChI is InChI=1S/C12H14BrF3O/c1-9-2-4-10(5-3-9)11(8-13)17-7-6-12(14,15)16/h2-5,11H,6-8H2,1H3. The smallest absolute Gasteiger partial charge is 0.372 e. The third-order valence-corrected chi connectivity index (χ3v) is 2.88. The van der Waals surface area contributed by atoms with Crippen molar-refractivity contribution in [3.63, 3.8) is 0 Å². The molecule has 0 fully saturated rings. The van der Waals surface area contributed by atoms with E-state index in [9.17, 15) is 13.2 Å². The van der Waals surface area contributed by atoms with E-state index in [1.807, 2.05) is 31.2 Å². The van der Waals surface area contributed by atoms with Crippen molar-refractivity contribution in [3.8, 4) is 0 Å². The minimum Gasteiger partial charge on any atom is -0.372 e. The molecule has 0 aliphatic heterocycles. The maximum atomic E-state index is 12.0. The largest absolute Gasteiger partial charge is 0.391 e. The van der Waals surface area contributed by atoms with Gasteiger partial charge in [-0.3, -0.25) is 0 Å². The number of hydrogen-bond donors (Lipinski definition) is 0. The third kappa shape index (κ3) is 5.55. The molecular weight excluding hydrogens is 297 g/mol. The van der Waals surface area contributed by atoms with Crippen LogP contribution < -0.4 is 0 Å². The Morgan fingerprint density at radius 3 is 2.29 bits per heavy atom. The lowest BCUT2D eigenvalue weighted by atomic mass is 10.1.